The van der Waals surface area contributed by atoms with Gasteiger partial charge in [-0.25, -0.2) is 0 Å². The van der Waals surface area contributed by atoms with Crippen LogP contribution in [0.5, 0.6) is 0 Å². The highest BCUT2D eigenvalue weighted by atomic mass is 16.2. The van der Waals surface area contributed by atoms with Crippen molar-refractivity contribution in [3.8, 4) is 0 Å². The average Bonchev–Trinajstić information content (AvgIpc) is 2.54. The highest BCUT2D eigenvalue weighted by molar-refractivity contribution is 5.97. The van der Waals surface area contributed by atoms with Crippen LogP contribution in [0.15, 0.2) is 54.6 Å². The van der Waals surface area contributed by atoms with Gasteiger partial charge in [-0.2, -0.15) is 0 Å². The zero-order valence-electron chi connectivity index (χ0n) is 15.9. The molecule has 2 N–H and O–H groups in total. The third-order valence-electron chi connectivity index (χ3n) is 3.61. The van der Waals surface area contributed by atoms with Crippen molar-refractivity contribution in [1.29, 1.82) is 0 Å². The molecule has 5 heteroatoms. The Kier molecular flexibility index (Phi) is 6.52. The quantitative estimate of drug-likeness (QED) is 0.838. The van der Waals surface area contributed by atoms with Crippen molar-refractivity contribution in [1.82, 2.24) is 10.2 Å². The summed E-state index contributed by atoms with van der Waals surface area (Å²) in [6, 6.07) is 17.0. The van der Waals surface area contributed by atoms with Crippen molar-refractivity contribution in [2.75, 3.05) is 18.9 Å². The first-order chi connectivity index (χ1) is 12.2. The van der Waals surface area contributed by atoms with Gasteiger partial charge in [0.2, 0.25) is 5.91 Å². The van der Waals surface area contributed by atoms with E-state index in [-0.39, 0.29) is 23.9 Å². The summed E-state index contributed by atoms with van der Waals surface area (Å²) in [5, 5.41) is 5.77. The molecule has 0 aromatic heterocycles. The van der Waals surface area contributed by atoms with E-state index in [2.05, 4.69) is 10.6 Å². The topological polar surface area (TPSA) is 61.4 Å². The number of likely N-dealkylation sites (N-methyl/N-ethyl adjacent to an activating group) is 1. The van der Waals surface area contributed by atoms with E-state index in [0.717, 1.165) is 5.56 Å². The van der Waals surface area contributed by atoms with Gasteiger partial charge in [0.1, 0.15) is 0 Å². The predicted molar refractivity (Wildman–Crippen MR) is 105 cm³/mol. The second kappa shape index (κ2) is 8.63. The molecule has 2 aromatic rings. The summed E-state index contributed by atoms with van der Waals surface area (Å²) >= 11 is 0. The van der Waals surface area contributed by atoms with Crippen LogP contribution in [0.3, 0.4) is 0 Å². The molecule has 0 spiro atoms. The smallest absolute Gasteiger partial charge is 0.251 e. The first-order valence-corrected chi connectivity index (χ1v) is 8.68. The molecule has 0 atom stereocenters. The molecular weight excluding hydrogens is 326 g/mol. The summed E-state index contributed by atoms with van der Waals surface area (Å²) in [6.45, 7) is 6.76. The molecule has 2 aromatic carbocycles. The summed E-state index contributed by atoms with van der Waals surface area (Å²) < 4.78 is 0. The van der Waals surface area contributed by atoms with Crippen molar-refractivity contribution in [3.05, 3.63) is 65.7 Å². The van der Waals surface area contributed by atoms with Gasteiger partial charge in [-0.05, 0) is 51.6 Å². The molecule has 2 rings (SSSR count). The van der Waals surface area contributed by atoms with Crippen LogP contribution in [0.4, 0.5) is 5.69 Å². The number of hydrogen-bond acceptors (Lipinski definition) is 3. The van der Waals surface area contributed by atoms with Gasteiger partial charge >= 0.3 is 0 Å². The molecule has 0 aliphatic carbocycles. The molecule has 26 heavy (non-hydrogen) atoms. The zero-order chi connectivity index (χ0) is 19.2. The lowest BCUT2D eigenvalue weighted by Gasteiger charge is -2.20. The molecule has 138 valence electrons. The molecule has 0 aliphatic rings. The SMILES string of the molecule is CN(CC(=O)Nc1cccc(C(=O)NC(C)(C)C)c1)Cc1ccccc1. The van der Waals surface area contributed by atoms with Gasteiger partial charge in [0.15, 0.2) is 0 Å². The molecule has 0 saturated carbocycles. The average molecular weight is 353 g/mol. The van der Waals surface area contributed by atoms with E-state index in [1.807, 2.05) is 63.1 Å². The molecule has 0 saturated heterocycles. The van der Waals surface area contributed by atoms with Gasteiger partial charge in [-0.15, -0.1) is 0 Å². The van der Waals surface area contributed by atoms with Gasteiger partial charge in [0, 0.05) is 23.3 Å². The van der Waals surface area contributed by atoms with E-state index in [1.54, 1.807) is 24.3 Å². The number of carbonyl (C=O) groups is 2. The van der Waals surface area contributed by atoms with Gasteiger partial charge in [-0.3, -0.25) is 14.5 Å². The third-order valence-corrected chi connectivity index (χ3v) is 3.61. The number of rotatable bonds is 6. The summed E-state index contributed by atoms with van der Waals surface area (Å²) in [5.74, 6) is -0.272. The van der Waals surface area contributed by atoms with Gasteiger partial charge in [-0.1, -0.05) is 36.4 Å². The van der Waals surface area contributed by atoms with E-state index in [4.69, 9.17) is 0 Å². The maximum Gasteiger partial charge on any atom is 0.251 e. The Morgan fingerprint density at radius 2 is 1.69 bits per heavy atom. The van der Waals surface area contributed by atoms with E-state index in [0.29, 0.717) is 17.8 Å². The molecule has 0 aliphatic heterocycles. The number of nitrogens with one attached hydrogen (secondary N) is 2. The van der Waals surface area contributed by atoms with Crippen LogP contribution >= 0.6 is 0 Å². The lowest BCUT2D eigenvalue weighted by molar-refractivity contribution is -0.117. The highest BCUT2D eigenvalue weighted by Crippen LogP contribution is 2.12. The summed E-state index contributed by atoms with van der Waals surface area (Å²) in [4.78, 5) is 26.5. The van der Waals surface area contributed by atoms with Gasteiger partial charge < -0.3 is 10.6 Å². The zero-order valence-corrected chi connectivity index (χ0v) is 15.9. The summed E-state index contributed by atoms with van der Waals surface area (Å²) in [5.41, 5.74) is 1.99. The maximum absolute atomic E-state index is 12.3. The molecule has 2 amide bonds. The Morgan fingerprint density at radius 3 is 2.35 bits per heavy atom. The molecule has 0 radical (unpaired) electrons. The molecule has 0 unspecified atom stereocenters. The first-order valence-electron chi connectivity index (χ1n) is 8.68. The molecule has 5 nitrogen and oxygen atoms in total. The largest absolute Gasteiger partial charge is 0.347 e. The number of benzene rings is 2. The predicted octanol–water partition coefficient (Wildman–Crippen LogP) is 3.29. The van der Waals surface area contributed by atoms with E-state index >= 15 is 0 Å². The standard InChI is InChI=1S/C21H27N3O2/c1-21(2,3)23-20(26)17-11-8-12-18(13-17)22-19(25)15-24(4)14-16-9-6-5-7-10-16/h5-13H,14-15H2,1-4H3,(H,22,25)(H,23,26). The highest BCUT2D eigenvalue weighted by Gasteiger charge is 2.16. The number of nitrogens with zero attached hydrogens (tertiary/aromatic N) is 1. The number of carbonyl (C=O) groups excluding carboxylic acids is 2. The van der Waals surface area contributed by atoms with Crippen molar-refractivity contribution in [3.63, 3.8) is 0 Å². The fourth-order valence-corrected chi connectivity index (χ4v) is 2.55. The number of hydrogen-bond donors (Lipinski definition) is 2. The Hall–Kier alpha value is -2.66. The van der Waals surface area contributed by atoms with Crippen molar-refractivity contribution < 1.29 is 9.59 Å². The Labute approximate surface area is 155 Å². The van der Waals surface area contributed by atoms with Crippen molar-refractivity contribution >= 4 is 17.5 Å². The Balaban J connectivity index is 1.92. The lowest BCUT2D eigenvalue weighted by atomic mass is 10.1. The Morgan fingerprint density at radius 1 is 1.00 bits per heavy atom. The summed E-state index contributed by atoms with van der Waals surface area (Å²) in [6.07, 6.45) is 0. The Bertz CT molecular complexity index is 751. The van der Waals surface area contributed by atoms with Crippen LogP contribution < -0.4 is 10.6 Å². The summed E-state index contributed by atoms with van der Waals surface area (Å²) in [7, 11) is 1.90. The van der Waals surface area contributed by atoms with Gasteiger partial charge in [0.25, 0.3) is 5.91 Å². The second-order valence-electron chi connectivity index (χ2n) is 7.49. The van der Waals surface area contributed by atoms with Crippen molar-refractivity contribution in [2.45, 2.75) is 32.9 Å². The molecule has 0 fully saturated rings. The number of amides is 2. The van der Waals surface area contributed by atoms with Crippen LogP contribution in [0.2, 0.25) is 0 Å². The fraction of sp³-hybridized carbons (Fsp3) is 0.333. The fourth-order valence-electron chi connectivity index (χ4n) is 2.55. The van der Waals surface area contributed by atoms with E-state index in [1.165, 1.54) is 0 Å². The van der Waals surface area contributed by atoms with Crippen LogP contribution in [-0.2, 0) is 11.3 Å². The van der Waals surface area contributed by atoms with Crippen LogP contribution in [0, 0.1) is 0 Å². The first kappa shape index (κ1) is 19.7. The van der Waals surface area contributed by atoms with Crippen LogP contribution in [-0.4, -0.2) is 35.8 Å². The second-order valence-corrected chi connectivity index (χ2v) is 7.49. The number of anilines is 1. The lowest BCUT2D eigenvalue weighted by Crippen LogP contribution is -2.40. The van der Waals surface area contributed by atoms with E-state index in [9.17, 15) is 9.59 Å². The van der Waals surface area contributed by atoms with E-state index < -0.39 is 0 Å². The van der Waals surface area contributed by atoms with Crippen LogP contribution in [0.25, 0.3) is 0 Å². The van der Waals surface area contributed by atoms with Crippen LogP contribution in [0.1, 0.15) is 36.7 Å². The van der Waals surface area contributed by atoms with Crippen molar-refractivity contribution in [2.24, 2.45) is 0 Å². The molecule has 0 heterocycles. The normalized spacial score (nSPS) is 11.3. The van der Waals surface area contributed by atoms with Gasteiger partial charge in [0.05, 0.1) is 6.54 Å². The minimum absolute atomic E-state index is 0.114. The molecule has 0 bridgehead atoms. The maximum atomic E-state index is 12.3. The minimum atomic E-state index is -0.309. The molecular formula is C21H27N3O2. The minimum Gasteiger partial charge on any atom is -0.347 e. The third kappa shape index (κ3) is 6.69. The monoisotopic (exact) mass is 353 g/mol.